The molecule has 1 heterocycles. The van der Waals surface area contributed by atoms with Crippen LogP contribution in [0.1, 0.15) is 33.1 Å². The molecule has 3 N–H and O–H groups in total. The number of nitrogens with one attached hydrogen (secondary N) is 1. The molecule has 0 saturated heterocycles. The van der Waals surface area contributed by atoms with Gasteiger partial charge >= 0.3 is 0 Å². The van der Waals surface area contributed by atoms with E-state index in [0.717, 1.165) is 12.8 Å². The van der Waals surface area contributed by atoms with E-state index in [9.17, 15) is 4.79 Å². The summed E-state index contributed by atoms with van der Waals surface area (Å²) in [5.74, 6) is 0.626. The molecule has 102 valence electrons. The van der Waals surface area contributed by atoms with E-state index in [4.69, 9.17) is 5.73 Å². The second kappa shape index (κ2) is 7.87. The number of hydrogen-bond acceptors (Lipinski definition) is 3. The number of hydrogen-bond donors (Lipinski definition) is 2. The Balaban J connectivity index is 2.19. The van der Waals surface area contributed by atoms with Gasteiger partial charge in [0.05, 0.1) is 6.54 Å². The van der Waals surface area contributed by atoms with Gasteiger partial charge in [0, 0.05) is 24.9 Å². The average molecular weight is 252 g/mol. The molecule has 2 atom stereocenters. The van der Waals surface area contributed by atoms with Gasteiger partial charge in [-0.3, -0.25) is 9.48 Å². The van der Waals surface area contributed by atoms with Crippen molar-refractivity contribution in [1.29, 1.82) is 0 Å². The molecular weight excluding hydrogens is 228 g/mol. The van der Waals surface area contributed by atoms with E-state index in [0.29, 0.717) is 25.4 Å². The molecule has 0 spiro atoms. The van der Waals surface area contributed by atoms with Crippen LogP contribution in [-0.4, -0.2) is 28.3 Å². The van der Waals surface area contributed by atoms with Gasteiger partial charge < -0.3 is 11.1 Å². The highest BCUT2D eigenvalue weighted by Crippen LogP contribution is 2.08. The highest BCUT2D eigenvalue weighted by Gasteiger charge is 2.10. The fraction of sp³-hybridized carbons (Fsp3) is 0.692. The number of amides is 1. The zero-order chi connectivity index (χ0) is 13.4. The van der Waals surface area contributed by atoms with Crippen molar-refractivity contribution in [3.8, 4) is 0 Å². The second-order valence-electron chi connectivity index (χ2n) is 4.92. The van der Waals surface area contributed by atoms with Crippen LogP contribution in [0.3, 0.4) is 0 Å². The lowest BCUT2D eigenvalue weighted by atomic mass is 10.0. The van der Waals surface area contributed by atoms with Gasteiger partial charge in [-0.1, -0.05) is 6.92 Å². The molecule has 0 aliphatic rings. The van der Waals surface area contributed by atoms with Crippen molar-refractivity contribution in [2.24, 2.45) is 11.7 Å². The first-order valence-electron chi connectivity index (χ1n) is 6.58. The third kappa shape index (κ3) is 5.82. The topological polar surface area (TPSA) is 72.9 Å². The zero-order valence-electron chi connectivity index (χ0n) is 11.3. The van der Waals surface area contributed by atoms with Crippen molar-refractivity contribution >= 4 is 5.91 Å². The summed E-state index contributed by atoms with van der Waals surface area (Å²) in [7, 11) is 0. The van der Waals surface area contributed by atoms with Crippen LogP contribution in [0.15, 0.2) is 18.5 Å². The molecule has 1 aromatic rings. The lowest BCUT2D eigenvalue weighted by Crippen LogP contribution is -2.35. The van der Waals surface area contributed by atoms with Gasteiger partial charge in [0.2, 0.25) is 5.91 Å². The van der Waals surface area contributed by atoms with Crippen molar-refractivity contribution < 1.29 is 4.79 Å². The number of aromatic nitrogens is 2. The fourth-order valence-corrected chi connectivity index (χ4v) is 1.89. The van der Waals surface area contributed by atoms with E-state index >= 15 is 0 Å². The molecule has 0 radical (unpaired) electrons. The molecule has 0 aliphatic carbocycles. The molecule has 1 amide bonds. The lowest BCUT2D eigenvalue weighted by Gasteiger charge is -2.15. The number of carbonyl (C=O) groups excluding carboxylic acids is 1. The van der Waals surface area contributed by atoms with Gasteiger partial charge in [-0.05, 0) is 38.3 Å². The van der Waals surface area contributed by atoms with E-state index in [1.54, 1.807) is 6.20 Å². The maximum absolute atomic E-state index is 11.7. The maximum atomic E-state index is 11.7. The predicted molar refractivity (Wildman–Crippen MR) is 71.9 cm³/mol. The summed E-state index contributed by atoms with van der Waals surface area (Å²) in [5, 5.41) is 7.10. The highest BCUT2D eigenvalue weighted by atomic mass is 16.1. The van der Waals surface area contributed by atoms with Gasteiger partial charge in [0.1, 0.15) is 0 Å². The van der Waals surface area contributed by atoms with E-state index in [-0.39, 0.29) is 11.9 Å². The fourth-order valence-electron chi connectivity index (χ4n) is 1.89. The first-order valence-corrected chi connectivity index (χ1v) is 6.58. The standard InChI is InChI=1S/C13H24N4O/c1-11(6-7-14)4-5-13(18)16-12(2)10-17-9-3-8-15-17/h3,8-9,11-12H,4-7,10,14H2,1-2H3,(H,16,18). The third-order valence-corrected chi connectivity index (χ3v) is 2.95. The maximum Gasteiger partial charge on any atom is 0.220 e. The molecular formula is C13H24N4O. The Morgan fingerprint density at radius 1 is 1.44 bits per heavy atom. The molecule has 5 heteroatoms. The Morgan fingerprint density at radius 2 is 2.22 bits per heavy atom. The molecule has 0 aliphatic heterocycles. The van der Waals surface area contributed by atoms with Gasteiger partial charge in [-0.15, -0.1) is 0 Å². The van der Waals surface area contributed by atoms with Crippen molar-refractivity contribution in [3.05, 3.63) is 18.5 Å². The van der Waals surface area contributed by atoms with Crippen LogP contribution in [0, 0.1) is 5.92 Å². The number of nitrogens with two attached hydrogens (primary N) is 1. The molecule has 1 rings (SSSR count). The van der Waals surface area contributed by atoms with Crippen molar-refractivity contribution in [1.82, 2.24) is 15.1 Å². The van der Waals surface area contributed by atoms with Crippen LogP contribution in [0.25, 0.3) is 0 Å². The van der Waals surface area contributed by atoms with E-state index in [1.165, 1.54) is 0 Å². The van der Waals surface area contributed by atoms with E-state index in [2.05, 4.69) is 17.3 Å². The summed E-state index contributed by atoms with van der Waals surface area (Å²) >= 11 is 0. The molecule has 2 unspecified atom stereocenters. The monoisotopic (exact) mass is 252 g/mol. The Hall–Kier alpha value is -1.36. The van der Waals surface area contributed by atoms with Crippen molar-refractivity contribution in [3.63, 3.8) is 0 Å². The molecule has 0 saturated carbocycles. The first-order chi connectivity index (χ1) is 8.61. The Labute approximate surface area is 109 Å². The van der Waals surface area contributed by atoms with Crippen LogP contribution in [0.4, 0.5) is 0 Å². The predicted octanol–water partition coefficient (Wildman–Crippen LogP) is 1.15. The van der Waals surface area contributed by atoms with Crippen LogP contribution < -0.4 is 11.1 Å². The Bertz CT molecular complexity index is 337. The molecule has 5 nitrogen and oxygen atoms in total. The molecule has 18 heavy (non-hydrogen) atoms. The number of rotatable bonds is 8. The summed E-state index contributed by atoms with van der Waals surface area (Å²) < 4.78 is 1.82. The lowest BCUT2D eigenvalue weighted by molar-refractivity contribution is -0.122. The number of carbonyl (C=O) groups is 1. The molecule has 0 aromatic carbocycles. The van der Waals surface area contributed by atoms with Crippen LogP contribution in [0.5, 0.6) is 0 Å². The smallest absolute Gasteiger partial charge is 0.220 e. The SMILES string of the molecule is CC(CCN)CCC(=O)NC(C)Cn1cccn1. The summed E-state index contributed by atoms with van der Waals surface area (Å²) in [5.41, 5.74) is 5.48. The minimum absolute atomic E-state index is 0.0993. The van der Waals surface area contributed by atoms with E-state index in [1.807, 2.05) is 23.9 Å². The van der Waals surface area contributed by atoms with Crippen LogP contribution in [-0.2, 0) is 11.3 Å². The van der Waals surface area contributed by atoms with Gasteiger partial charge in [0.25, 0.3) is 0 Å². The molecule has 1 aromatic heterocycles. The van der Waals surface area contributed by atoms with Crippen LogP contribution >= 0.6 is 0 Å². The Morgan fingerprint density at radius 3 is 2.83 bits per heavy atom. The zero-order valence-corrected chi connectivity index (χ0v) is 11.3. The van der Waals surface area contributed by atoms with Crippen molar-refractivity contribution in [2.45, 2.75) is 45.7 Å². The van der Waals surface area contributed by atoms with Gasteiger partial charge in [0.15, 0.2) is 0 Å². The molecule has 0 fully saturated rings. The van der Waals surface area contributed by atoms with Gasteiger partial charge in [-0.25, -0.2) is 0 Å². The van der Waals surface area contributed by atoms with Gasteiger partial charge in [-0.2, -0.15) is 5.10 Å². The summed E-state index contributed by atoms with van der Waals surface area (Å²) in [4.78, 5) is 11.7. The summed E-state index contributed by atoms with van der Waals surface area (Å²) in [6, 6.07) is 1.98. The quantitative estimate of drug-likeness (QED) is 0.729. The van der Waals surface area contributed by atoms with Crippen molar-refractivity contribution in [2.75, 3.05) is 6.54 Å². The average Bonchev–Trinajstić information content (AvgIpc) is 2.79. The third-order valence-electron chi connectivity index (χ3n) is 2.95. The minimum Gasteiger partial charge on any atom is -0.352 e. The largest absolute Gasteiger partial charge is 0.352 e. The summed E-state index contributed by atoms with van der Waals surface area (Å²) in [6.45, 7) is 5.52. The summed E-state index contributed by atoms with van der Waals surface area (Å²) in [6.07, 6.45) is 6.09. The Kier molecular flexibility index (Phi) is 6.43. The molecule has 0 bridgehead atoms. The highest BCUT2D eigenvalue weighted by molar-refractivity contribution is 5.76. The minimum atomic E-state index is 0.0993. The first kappa shape index (κ1) is 14.7. The normalized spacial score (nSPS) is 14.2. The number of nitrogens with zero attached hydrogens (tertiary/aromatic N) is 2. The van der Waals surface area contributed by atoms with Crippen LogP contribution in [0.2, 0.25) is 0 Å². The van der Waals surface area contributed by atoms with E-state index < -0.39 is 0 Å². The second-order valence-corrected chi connectivity index (χ2v) is 4.92.